The molecular formula is C11H10N2O. The Kier molecular flexibility index (Phi) is 3.45. The van der Waals surface area contributed by atoms with E-state index in [9.17, 15) is 4.79 Å². The van der Waals surface area contributed by atoms with Gasteiger partial charge in [-0.05, 0) is 11.6 Å². The molecular weight excluding hydrogens is 176 g/mol. The second kappa shape index (κ2) is 4.83. The number of carbonyl (C=O) groups excluding carboxylic acids is 1. The smallest absolute Gasteiger partial charge is 0.221 e. The van der Waals surface area contributed by atoms with E-state index >= 15 is 0 Å². The number of nitrogens with zero attached hydrogens (tertiary/aromatic N) is 1. The van der Waals surface area contributed by atoms with Gasteiger partial charge in [-0.1, -0.05) is 30.3 Å². The molecule has 70 valence electrons. The van der Waals surface area contributed by atoms with Gasteiger partial charge < -0.3 is 5.32 Å². The van der Waals surface area contributed by atoms with Gasteiger partial charge in [0, 0.05) is 6.92 Å². The molecule has 0 bridgehead atoms. The quantitative estimate of drug-likeness (QED) is 0.714. The summed E-state index contributed by atoms with van der Waals surface area (Å²) in [6, 6.07) is 11.3. The first-order valence-corrected chi connectivity index (χ1v) is 4.17. The zero-order valence-corrected chi connectivity index (χ0v) is 7.82. The van der Waals surface area contributed by atoms with Crippen LogP contribution in [0, 0.1) is 11.3 Å². The van der Waals surface area contributed by atoms with Crippen LogP contribution in [-0.4, -0.2) is 5.91 Å². The molecule has 1 aromatic rings. The van der Waals surface area contributed by atoms with Gasteiger partial charge >= 0.3 is 0 Å². The van der Waals surface area contributed by atoms with Crippen LogP contribution in [0.15, 0.2) is 36.0 Å². The lowest BCUT2D eigenvalue weighted by molar-refractivity contribution is -0.118. The molecule has 0 fully saturated rings. The van der Waals surface area contributed by atoms with Gasteiger partial charge in [0.2, 0.25) is 5.91 Å². The molecule has 0 radical (unpaired) electrons. The predicted octanol–water partition coefficient (Wildman–Crippen LogP) is 1.69. The first-order chi connectivity index (χ1) is 6.72. The van der Waals surface area contributed by atoms with Gasteiger partial charge in [-0.25, -0.2) is 0 Å². The number of carbonyl (C=O) groups is 1. The van der Waals surface area contributed by atoms with E-state index < -0.39 is 0 Å². The van der Waals surface area contributed by atoms with E-state index in [1.54, 1.807) is 6.08 Å². The Morgan fingerprint density at radius 3 is 2.57 bits per heavy atom. The van der Waals surface area contributed by atoms with Crippen molar-refractivity contribution >= 4 is 12.0 Å². The monoisotopic (exact) mass is 186 g/mol. The Bertz CT molecular complexity index is 387. The summed E-state index contributed by atoms with van der Waals surface area (Å²) in [5, 5.41) is 11.1. The summed E-state index contributed by atoms with van der Waals surface area (Å²) in [5.74, 6) is -0.242. The lowest BCUT2D eigenvalue weighted by atomic mass is 10.2. The van der Waals surface area contributed by atoms with Crippen molar-refractivity contribution in [1.29, 1.82) is 5.26 Å². The number of hydrogen-bond acceptors (Lipinski definition) is 2. The van der Waals surface area contributed by atoms with Gasteiger partial charge in [0.05, 0.1) is 0 Å². The summed E-state index contributed by atoms with van der Waals surface area (Å²) in [5.41, 5.74) is 1.14. The number of nitrogens with one attached hydrogen (secondary N) is 1. The fourth-order valence-electron chi connectivity index (χ4n) is 1.00. The van der Waals surface area contributed by atoms with Crippen LogP contribution in [0.1, 0.15) is 12.5 Å². The molecule has 1 N–H and O–H groups in total. The van der Waals surface area contributed by atoms with Crippen molar-refractivity contribution in [1.82, 2.24) is 5.32 Å². The lowest BCUT2D eigenvalue weighted by Crippen LogP contribution is -2.17. The van der Waals surface area contributed by atoms with E-state index in [2.05, 4.69) is 5.32 Å². The lowest BCUT2D eigenvalue weighted by Gasteiger charge is -1.98. The topological polar surface area (TPSA) is 52.9 Å². The number of amides is 1. The highest BCUT2D eigenvalue weighted by molar-refractivity contribution is 5.77. The Morgan fingerprint density at radius 1 is 1.43 bits per heavy atom. The molecule has 0 atom stereocenters. The number of benzene rings is 1. The SMILES string of the molecule is CC(=O)NC(C#N)=Cc1ccccc1. The molecule has 3 heteroatoms. The Hall–Kier alpha value is -2.08. The third kappa shape index (κ3) is 3.11. The van der Waals surface area contributed by atoms with Crippen molar-refractivity contribution in [2.45, 2.75) is 6.92 Å². The molecule has 14 heavy (non-hydrogen) atoms. The molecule has 0 aliphatic carbocycles. The summed E-state index contributed by atoms with van der Waals surface area (Å²) in [4.78, 5) is 10.7. The Balaban J connectivity index is 2.86. The number of rotatable bonds is 2. The fraction of sp³-hybridized carbons (Fsp3) is 0.0909. The minimum atomic E-state index is -0.242. The van der Waals surface area contributed by atoms with Crippen molar-refractivity contribution in [3.05, 3.63) is 41.6 Å². The van der Waals surface area contributed by atoms with Crippen LogP contribution in [-0.2, 0) is 4.79 Å². The van der Waals surface area contributed by atoms with Crippen molar-refractivity contribution in [3.63, 3.8) is 0 Å². The molecule has 0 aliphatic rings. The normalized spacial score (nSPS) is 10.4. The maximum Gasteiger partial charge on any atom is 0.221 e. The third-order valence-electron chi connectivity index (χ3n) is 1.54. The summed E-state index contributed by atoms with van der Waals surface area (Å²) in [6.45, 7) is 1.37. The minimum absolute atomic E-state index is 0.242. The van der Waals surface area contributed by atoms with E-state index in [4.69, 9.17) is 5.26 Å². The molecule has 1 aromatic carbocycles. The molecule has 0 saturated heterocycles. The molecule has 0 heterocycles. The highest BCUT2D eigenvalue weighted by Crippen LogP contribution is 2.03. The van der Waals surface area contributed by atoms with Gasteiger partial charge in [-0.3, -0.25) is 4.79 Å². The number of allylic oxidation sites excluding steroid dienone is 1. The molecule has 0 spiro atoms. The molecule has 1 rings (SSSR count). The van der Waals surface area contributed by atoms with Crippen LogP contribution in [0.2, 0.25) is 0 Å². The zero-order chi connectivity index (χ0) is 10.4. The Morgan fingerprint density at radius 2 is 2.07 bits per heavy atom. The van der Waals surface area contributed by atoms with Crippen LogP contribution >= 0.6 is 0 Å². The molecule has 0 saturated carbocycles. The highest BCUT2D eigenvalue weighted by Gasteiger charge is 1.97. The maximum absolute atomic E-state index is 10.7. The van der Waals surface area contributed by atoms with Crippen molar-refractivity contribution in [2.75, 3.05) is 0 Å². The van der Waals surface area contributed by atoms with Crippen LogP contribution in [0.4, 0.5) is 0 Å². The highest BCUT2D eigenvalue weighted by atomic mass is 16.1. The fourth-order valence-corrected chi connectivity index (χ4v) is 1.00. The largest absolute Gasteiger partial charge is 0.318 e. The van der Waals surface area contributed by atoms with Crippen molar-refractivity contribution in [2.24, 2.45) is 0 Å². The van der Waals surface area contributed by atoms with E-state index in [-0.39, 0.29) is 11.6 Å². The van der Waals surface area contributed by atoms with Crippen LogP contribution in [0.5, 0.6) is 0 Å². The van der Waals surface area contributed by atoms with Crippen molar-refractivity contribution < 1.29 is 4.79 Å². The minimum Gasteiger partial charge on any atom is -0.318 e. The summed E-state index contributed by atoms with van der Waals surface area (Å²) in [6.07, 6.45) is 1.63. The molecule has 0 unspecified atom stereocenters. The second-order valence-corrected chi connectivity index (χ2v) is 2.76. The van der Waals surface area contributed by atoms with Gasteiger partial charge in [-0.2, -0.15) is 5.26 Å². The molecule has 0 aromatic heterocycles. The van der Waals surface area contributed by atoms with Crippen molar-refractivity contribution in [3.8, 4) is 6.07 Å². The van der Waals surface area contributed by atoms with E-state index in [1.165, 1.54) is 6.92 Å². The van der Waals surface area contributed by atoms with Crippen LogP contribution < -0.4 is 5.32 Å². The van der Waals surface area contributed by atoms with Crippen LogP contribution in [0.3, 0.4) is 0 Å². The number of hydrogen-bond donors (Lipinski definition) is 1. The molecule has 0 aliphatic heterocycles. The first-order valence-electron chi connectivity index (χ1n) is 4.17. The molecule has 3 nitrogen and oxygen atoms in total. The average Bonchev–Trinajstić information content (AvgIpc) is 2.17. The second-order valence-electron chi connectivity index (χ2n) is 2.76. The number of nitriles is 1. The van der Waals surface area contributed by atoms with Gasteiger partial charge in [0.25, 0.3) is 0 Å². The van der Waals surface area contributed by atoms with Gasteiger partial charge in [-0.15, -0.1) is 0 Å². The van der Waals surface area contributed by atoms with E-state index in [0.717, 1.165) is 5.56 Å². The molecule has 1 amide bonds. The summed E-state index contributed by atoms with van der Waals surface area (Å²) < 4.78 is 0. The maximum atomic E-state index is 10.7. The standard InChI is InChI=1S/C11H10N2O/c1-9(14)13-11(8-12)7-10-5-3-2-4-6-10/h2-7H,1H3,(H,13,14). The predicted molar refractivity (Wildman–Crippen MR) is 53.8 cm³/mol. The van der Waals surface area contributed by atoms with E-state index in [1.807, 2.05) is 36.4 Å². The third-order valence-corrected chi connectivity index (χ3v) is 1.54. The van der Waals surface area contributed by atoms with Crippen LogP contribution in [0.25, 0.3) is 6.08 Å². The van der Waals surface area contributed by atoms with Gasteiger partial charge in [0.15, 0.2) is 0 Å². The summed E-state index contributed by atoms with van der Waals surface area (Å²) in [7, 11) is 0. The zero-order valence-electron chi connectivity index (χ0n) is 7.82. The van der Waals surface area contributed by atoms with E-state index in [0.29, 0.717) is 0 Å². The average molecular weight is 186 g/mol. The first kappa shape index (κ1) is 10.0. The Labute approximate surface area is 82.7 Å². The summed E-state index contributed by atoms with van der Waals surface area (Å²) >= 11 is 0. The van der Waals surface area contributed by atoms with Gasteiger partial charge in [0.1, 0.15) is 11.8 Å².